The van der Waals surface area contributed by atoms with Gasteiger partial charge in [-0.25, -0.2) is 14.8 Å². The van der Waals surface area contributed by atoms with E-state index < -0.39 is 5.97 Å². The molecule has 218 valence electrons. The van der Waals surface area contributed by atoms with Gasteiger partial charge < -0.3 is 5.11 Å². The number of carboxylic acids is 1. The predicted octanol–water partition coefficient (Wildman–Crippen LogP) is 6.75. The van der Waals surface area contributed by atoms with E-state index in [1.54, 1.807) is 28.7 Å². The number of nitrogens with zero attached hydrogens (tertiary/aromatic N) is 4. The second kappa shape index (κ2) is 7.91. The number of rotatable bonds is 2. The Hall–Kier alpha value is -6.74. The van der Waals surface area contributed by atoms with Gasteiger partial charge in [0.25, 0.3) is 11.1 Å². The number of aldehydes is 1. The van der Waals surface area contributed by atoms with Gasteiger partial charge >= 0.3 is 5.97 Å². The van der Waals surface area contributed by atoms with Crippen molar-refractivity contribution in [3.8, 4) is 0 Å². The van der Waals surface area contributed by atoms with Crippen molar-refractivity contribution in [2.45, 2.75) is 0 Å². The van der Waals surface area contributed by atoms with Crippen molar-refractivity contribution < 1.29 is 14.7 Å². The van der Waals surface area contributed by atoms with Crippen molar-refractivity contribution in [1.82, 2.24) is 18.8 Å². The van der Waals surface area contributed by atoms with Gasteiger partial charge in [0.15, 0.2) is 0 Å². The molecule has 11 rings (SSSR count). The number of carbonyl (C=O) groups is 2. The molecule has 9 heteroatoms. The van der Waals surface area contributed by atoms with Crippen molar-refractivity contribution >= 4 is 110 Å². The Kier molecular flexibility index (Phi) is 4.13. The Balaban J connectivity index is 1.33. The average molecular weight is 609 g/mol. The zero-order valence-corrected chi connectivity index (χ0v) is 24.0. The summed E-state index contributed by atoms with van der Waals surface area (Å²) in [6.07, 6.45) is 0.762. The molecule has 0 spiro atoms. The molecule has 47 heavy (non-hydrogen) atoms. The van der Waals surface area contributed by atoms with Crippen molar-refractivity contribution in [1.29, 1.82) is 0 Å². The van der Waals surface area contributed by atoms with Gasteiger partial charge in [-0.2, -0.15) is 0 Å². The highest BCUT2D eigenvalue weighted by Crippen LogP contribution is 2.45. The molecule has 0 saturated heterocycles. The smallest absolute Gasteiger partial charge is 0.335 e. The van der Waals surface area contributed by atoms with E-state index in [9.17, 15) is 24.3 Å². The fraction of sp³-hybridized carbons (Fsp3) is 0. The summed E-state index contributed by atoms with van der Waals surface area (Å²) in [4.78, 5) is 61.1. The van der Waals surface area contributed by atoms with Crippen LogP contribution in [-0.2, 0) is 0 Å². The quantitative estimate of drug-likeness (QED) is 0.131. The minimum Gasteiger partial charge on any atom is -0.478 e. The van der Waals surface area contributed by atoms with Crippen LogP contribution in [0.1, 0.15) is 20.7 Å². The zero-order valence-electron chi connectivity index (χ0n) is 24.0. The summed E-state index contributed by atoms with van der Waals surface area (Å²) in [6.45, 7) is 0. The third-order valence-electron chi connectivity index (χ3n) is 9.97. The zero-order chi connectivity index (χ0) is 31.5. The first-order chi connectivity index (χ1) is 22.9. The van der Waals surface area contributed by atoms with Crippen LogP contribution in [0.25, 0.3) is 98.0 Å². The minimum atomic E-state index is -1.07. The van der Waals surface area contributed by atoms with Crippen LogP contribution in [0, 0.1) is 0 Å². The molecule has 0 aliphatic heterocycles. The monoisotopic (exact) mass is 608 g/mol. The molecule has 1 N–H and O–H groups in total. The molecule has 11 aromatic rings. The molecule has 9 nitrogen and oxygen atoms in total. The van der Waals surface area contributed by atoms with Crippen LogP contribution in [-0.4, -0.2) is 36.1 Å². The number of aromatic carboxylic acids is 1. The number of fused-ring (bicyclic) bond motifs is 10. The van der Waals surface area contributed by atoms with Gasteiger partial charge in [0.2, 0.25) is 0 Å². The first-order valence-corrected chi connectivity index (χ1v) is 15.0. The molecule has 0 unspecified atom stereocenters. The number of benzene rings is 7. The van der Waals surface area contributed by atoms with E-state index in [1.807, 2.05) is 42.5 Å². The molecule has 0 aliphatic rings. The lowest BCUT2D eigenvalue weighted by atomic mass is 9.86. The normalized spacial score (nSPS) is 12.7. The highest BCUT2D eigenvalue weighted by molar-refractivity contribution is 6.40. The second-order valence-electron chi connectivity index (χ2n) is 12.2. The Bertz CT molecular complexity index is 3380. The Morgan fingerprint density at radius 2 is 0.979 bits per heavy atom. The number of aromatic nitrogens is 4. The SMILES string of the molecule is O=Cc1ccc2nc3c4ccc5c6ccc7c(=O)n8c9cc(C(=O)O)ccc9nc8c8ccc(c9ccc(c(=O)n3c2c1)c4c59)c6c78. The van der Waals surface area contributed by atoms with Crippen molar-refractivity contribution in [3.63, 3.8) is 0 Å². The second-order valence-corrected chi connectivity index (χ2v) is 12.2. The fourth-order valence-electron chi connectivity index (χ4n) is 8.01. The number of pyridine rings is 2. The van der Waals surface area contributed by atoms with E-state index in [1.165, 1.54) is 16.5 Å². The topological polar surface area (TPSA) is 123 Å². The lowest BCUT2D eigenvalue weighted by molar-refractivity contribution is 0.0697. The molecular formula is C38H16N4O5. The standard InChI is InChI=1S/C38H16N4O5/c43-15-16-1-11-26-28(13-16)41-34(39-26)22-7-3-18-21-6-10-25-33-23(35-40-27-12-2-17(38(46)47)14-29(27)42(35)37(25)45)8-4-19(31(21)33)20-5-9-24(36(41)44)32(22)30(18)20/h1-15H,(H,46,47). The third-order valence-corrected chi connectivity index (χ3v) is 9.97. The van der Waals surface area contributed by atoms with Crippen LogP contribution in [0.5, 0.6) is 0 Å². The molecule has 0 amide bonds. The number of carbonyl (C=O) groups excluding carboxylic acids is 1. The van der Waals surface area contributed by atoms with Crippen LogP contribution in [0.4, 0.5) is 0 Å². The first kappa shape index (κ1) is 24.6. The largest absolute Gasteiger partial charge is 0.478 e. The van der Waals surface area contributed by atoms with Gasteiger partial charge in [-0.3, -0.25) is 23.2 Å². The maximum Gasteiger partial charge on any atom is 0.335 e. The van der Waals surface area contributed by atoms with Crippen molar-refractivity contribution in [2.75, 3.05) is 0 Å². The summed E-state index contributed by atoms with van der Waals surface area (Å²) in [7, 11) is 0. The highest BCUT2D eigenvalue weighted by Gasteiger charge is 2.24. The molecule has 0 radical (unpaired) electrons. The van der Waals surface area contributed by atoms with Gasteiger partial charge in [-0.05, 0) is 93.0 Å². The molecule has 4 aromatic heterocycles. The van der Waals surface area contributed by atoms with Gasteiger partial charge in [0.05, 0.1) is 27.6 Å². The van der Waals surface area contributed by atoms with E-state index in [0.717, 1.165) is 60.1 Å². The number of hydrogen-bond donors (Lipinski definition) is 1. The van der Waals surface area contributed by atoms with E-state index in [-0.39, 0.29) is 16.7 Å². The molecule has 0 atom stereocenters. The fourth-order valence-corrected chi connectivity index (χ4v) is 8.01. The Morgan fingerprint density at radius 1 is 0.553 bits per heavy atom. The molecular weight excluding hydrogens is 592 g/mol. The van der Waals surface area contributed by atoms with Crippen LogP contribution in [0.2, 0.25) is 0 Å². The van der Waals surface area contributed by atoms with Crippen LogP contribution < -0.4 is 11.1 Å². The van der Waals surface area contributed by atoms with Gasteiger partial charge in [-0.1, -0.05) is 24.3 Å². The first-order valence-electron chi connectivity index (χ1n) is 15.0. The highest BCUT2D eigenvalue weighted by atomic mass is 16.4. The van der Waals surface area contributed by atoms with E-state index >= 15 is 0 Å². The number of carboxylic acid groups (broad SMARTS) is 1. The molecule has 4 heterocycles. The summed E-state index contributed by atoms with van der Waals surface area (Å²) >= 11 is 0. The van der Waals surface area contributed by atoms with Gasteiger partial charge in [-0.15, -0.1) is 0 Å². The summed E-state index contributed by atoms with van der Waals surface area (Å²) in [6, 6.07) is 25.5. The van der Waals surface area contributed by atoms with Crippen LogP contribution in [0.3, 0.4) is 0 Å². The van der Waals surface area contributed by atoms with Crippen LogP contribution in [0.15, 0.2) is 94.5 Å². The van der Waals surface area contributed by atoms with Gasteiger partial charge in [0.1, 0.15) is 17.6 Å². The maximum atomic E-state index is 14.1. The third kappa shape index (κ3) is 2.73. The maximum absolute atomic E-state index is 14.1. The molecule has 0 aliphatic carbocycles. The summed E-state index contributed by atoms with van der Waals surface area (Å²) in [5.74, 6) is -1.07. The number of imidazole rings is 2. The summed E-state index contributed by atoms with van der Waals surface area (Å²) in [5.41, 5.74) is 3.32. The molecule has 0 saturated carbocycles. The lowest BCUT2D eigenvalue weighted by Crippen LogP contribution is -2.14. The minimum absolute atomic E-state index is 0.0837. The Labute approximate surface area is 260 Å². The lowest BCUT2D eigenvalue weighted by Gasteiger charge is -2.18. The van der Waals surface area contributed by atoms with Gasteiger partial charge in [0, 0.05) is 37.9 Å². The van der Waals surface area contributed by atoms with E-state index in [0.29, 0.717) is 49.7 Å². The summed E-state index contributed by atoms with van der Waals surface area (Å²) < 4.78 is 3.11. The molecule has 0 bridgehead atoms. The van der Waals surface area contributed by atoms with E-state index in [2.05, 4.69) is 6.07 Å². The molecule has 0 fully saturated rings. The predicted molar refractivity (Wildman–Crippen MR) is 182 cm³/mol. The molecule has 7 aromatic carbocycles. The van der Waals surface area contributed by atoms with Crippen molar-refractivity contribution in [3.05, 3.63) is 117 Å². The Morgan fingerprint density at radius 3 is 1.47 bits per heavy atom. The average Bonchev–Trinajstić information content (AvgIpc) is 3.67. The van der Waals surface area contributed by atoms with Crippen LogP contribution >= 0.6 is 0 Å². The van der Waals surface area contributed by atoms with Crippen molar-refractivity contribution in [2.24, 2.45) is 0 Å². The summed E-state index contributed by atoms with van der Waals surface area (Å²) in [5, 5.41) is 19.6. The van der Waals surface area contributed by atoms with E-state index in [4.69, 9.17) is 9.97 Å². The number of hydrogen-bond acceptors (Lipinski definition) is 6.